The van der Waals surface area contributed by atoms with E-state index < -0.39 is 0 Å². The lowest BCUT2D eigenvalue weighted by Gasteiger charge is -2.63. The van der Waals surface area contributed by atoms with Crippen LogP contribution in [0.25, 0.3) is 0 Å². The second-order valence-electron chi connectivity index (χ2n) is 12.7. The van der Waals surface area contributed by atoms with E-state index in [1.54, 1.807) is 0 Å². The molecule has 0 aliphatic heterocycles. The summed E-state index contributed by atoms with van der Waals surface area (Å²) in [4.78, 5) is 0. The normalized spacial score (nSPS) is 39.3. The van der Waals surface area contributed by atoms with Crippen LogP contribution < -0.4 is 0 Å². The fourth-order valence-electron chi connectivity index (χ4n) is 9.52. The average molecular weight is 451 g/mol. The van der Waals surface area contributed by atoms with E-state index in [0.717, 1.165) is 41.7 Å². The van der Waals surface area contributed by atoms with Gasteiger partial charge >= 0.3 is 0 Å². The first-order valence-electron chi connectivity index (χ1n) is 14.4. The molecule has 8 unspecified atom stereocenters. The van der Waals surface area contributed by atoms with Crippen LogP contribution in [0.15, 0.2) is 12.4 Å². The van der Waals surface area contributed by atoms with Crippen molar-refractivity contribution in [3.63, 3.8) is 0 Å². The van der Waals surface area contributed by atoms with Crippen LogP contribution in [-0.2, 0) is 6.54 Å². The third kappa shape index (κ3) is 4.56. The summed E-state index contributed by atoms with van der Waals surface area (Å²) in [5, 5.41) is 4.56. The van der Waals surface area contributed by atoms with Gasteiger partial charge in [0.15, 0.2) is 0 Å². The zero-order valence-electron chi connectivity index (χ0n) is 22.3. The molecular formula is C31H50N2. The molecule has 8 atom stereocenters. The van der Waals surface area contributed by atoms with Crippen LogP contribution in [0.4, 0.5) is 0 Å². The van der Waals surface area contributed by atoms with Crippen molar-refractivity contribution in [1.29, 1.82) is 0 Å². The summed E-state index contributed by atoms with van der Waals surface area (Å²) >= 11 is 0. The van der Waals surface area contributed by atoms with Gasteiger partial charge < -0.3 is 0 Å². The molecule has 1 aromatic rings. The van der Waals surface area contributed by atoms with Crippen molar-refractivity contribution in [3.05, 3.63) is 18.0 Å². The molecule has 3 saturated carbocycles. The van der Waals surface area contributed by atoms with Crippen molar-refractivity contribution < 1.29 is 0 Å². The van der Waals surface area contributed by atoms with Gasteiger partial charge in [-0.1, -0.05) is 66.2 Å². The van der Waals surface area contributed by atoms with Gasteiger partial charge in [-0.15, -0.1) is 6.42 Å². The maximum absolute atomic E-state index is 5.58. The quantitative estimate of drug-likeness (QED) is 0.364. The van der Waals surface area contributed by atoms with Gasteiger partial charge in [-0.25, -0.2) is 0 Å². The molecule has 184 valence electrons. The molecule has 0 N–H and O–H groups in total. The molecule has 3 aliphatic carbocycles. The highest BCUT2D eigenvalue weighted by Crippen LogP contribution is 2.66. The van der Waals surface area contributed by atoms with Crippen LogP contribution in [0.3, 0.4) is 0 Å². The largest absolute Gasteiger partial charge is 0.271 e. The van der Waals surface area contributed by atoms with Gasteiger partial charge in [-0.05, 0) is 97.7 Å². The van der Waals surface area contributed by atoms with Crippen LogP contribution in [0, 0.1) is 58.7 Å². The van der Waals surface area contributed by atoms with Crippen molar-refractivity contribution in [2.75, 3.05) is 0 Å². The lowest BCUT2D eigenvalue weighted by atomic mass is 9.42. The van der Waals surface area contributed by atoms with E-state index in [-0.39, 0.29) is 0 Å². The number of rotatable bonds is 8. The van der Waals surface area contributed by atoms with Gasteiger partial charge in [0.05, 0.1) is 11.8 Å². The van der Waals surface area contributed by atoms with Crippen molar-refractivity contribution >= 4 is 0 Å². The topological polar surface area (TPSA) is 17.8 Å². The third-order valence-corrected chi connectivity index (χ3v) is 11.0. The number of aromatic nitrogens is 2. The van der Waals surface area contributed by atoms with Crippen LogP contribution in [0.1, 0.15) is 117 Å². The molecule has 0 radical (unpaired) electrons. The first kappa shape index (κ1) is 24.9. The zero-order valence-corrected chi connectivity index (χ0v) is 22.3. The minimum Gasteiger partial charge on any atom is -0.271 e. The number of nitrogens with zero attached hydrogens (tertiary/aromatic N) is 2. The standard InChI is InChI=1S/C31H50N2/c1-7-10-12-25-15-16-26-28-14-11-13-27(23(4)21-33-22-24(9-3)20-32-33)31(28,6)19-17-29(26)30(25,5)18-8-2/h3,20,22-23,25-29H,7-8,10-19,21H2,1-2,4-6H3. The minimum absolute atomic E-state index is 0.504. The van der Waals surface area contributed by atoms with Gasteiger partial charge in [0.25, 0.3) is 0 Å². The summed E-state index contributed by atoms with van der Waals surface area (Å²) in [6, 6.07) is 0. The number of hydrogen-bond donors (Lipinski definition) is 0. The number of fused-ring (bicyclic) bond motifs is 3. The lowest BCUT2D eigenvalue weighted by Crippen LogP contribution is -2.56. The number of unbranched alkanes of at least 4 members (excludes halogenated alkanes) is 1. The van der Waals surface area contributed by atoms with Gasteiger partial charge in [-0.3, -0.25) is 4.68 Å². The molecule has 0 aromatic carbocycles. The Bertz CT molecular complexity index is 817. The Balaban J connectivity index is 1.54. The lowest BCUT2D eigenvalue weighted by molar-refractivity contribution is -0.143. The Hall–Kier alpha value is -1.23. The smallest absolute Gasteiger partial charge is 0.0646 e. The summed E-state index contributed by atoms with van der Waals surface area (Å²) in [5.41, 5.74) is 1.99. The SMILES string of the molecule is C#Cc1cnn(CC(C)C2CCCC3C4CCC(CCCC)C(C)(CCC)C4CCC23C)c1. The third-order valence-electron chi connectivity index (χ3n) is 11.0. The van der Waals surface area contributed by atoms with Gasteiger partial charge in [0.2, 0.25) is 0 Å². The van der Waals surface area contributed by atoms with Crippen molar-refractivity contribution in [2.45, 2.75) is 118 Å². The zero-order chi connectivity index (χ0) is 23.6. The molecule has 3 fully saturated rings. The second kappa shape index (κ2) is 10.2. The molecule has 0 saturated heterocycles. The molecule has 0 spiro atoms. The summed E-state index contributed by atoms with van der Waals surface area (Å²) in [6.45, 7) is 13.7. The van der Waals surface area contributed by atoms with E-state index in [9.17, 15) is 0 Å². The summed E-state index contributed by atoms with van der Waals surface area (Å²) in [7, 11) is 0. The highest BCUT2D eigenvalue weighted by atomic mass is 15.3. The summed E-state index contributed by atoms with van der Waals surface area (Å²) in [6.07, 6.45) is 26.8. The predicted molar refractivity (Wildman–Crippen MR) is 140 cm³/mol. The van der Waals surface area contributed by atoms with Crippen LogP contribution >= 0.6 is 0 Å². The van der Waals surface area contributed by atoms with E-state index >= 15 is 0 Å². The van der Waals surface area contributed by atoms with Crippen molar-refractivity contribution in [1.82, 2.24) is 9.78 Å². The Morgan fingerprint density at radius 3 is 2.64 bits per heavy atom. The van der Waals surface area contributed by atoms with E-state index in [0.29, 0.717) is 16.7 Å². The maximum Gasteiger partial charge on any atom is 0.0646 e. The van der Waals surface area contributed by atoms with E-state index in [2.05, 4.69) is 56.5 Å². The first-order chi connectivity index (χ1) is 15.9. The monoisotopic (exact) mass is 450 g/mol. The van der Waals surface area contributed by atoms with Crippen molar-refractivity contribution in [3.8, 4) is 12.3 Å². The van der Waals surface area contributed by atoms with Crippen LogP contribution in [0.2, 0.25) is 0 Å². The average Bonchev–Trinajstić information content (AvgIpc) is 3.25. The van der Waals surface area contributed by atoms with Gasteiger partial charge in [-0.2, -0.15) is 5.10 Å². The van der Waals surface area contributed by atoms with Crippen molar-refractivity contribution in [2.24, 2.45) is 46.3 Å². The maximum atomic E-state index is 5.58. The summed E-state index contributed by atoms with van der Waals surface area (Å²) < 4.78 is 2.11. The fraction of sp³-hybridized carbons (Fsp3) is 0.839. The van der Waals surface area contributed by atoms with Gasteiger partial charge in [0, 0.05) is 12.7 Å². The molecule has 3 aliphatic rings. The second-order valence-corrected chi connectivity index (χ2v) is 12.7. The number of terminal acetylenes is 1. The Labute approximate surface area is 204 Å². The predicted octanol–water partition coefficient (Wildman–Crippen LogP) is 8.36. The Morgan fingerprint density at radius 1 is 1.12 bits per heavy atom. The van der Waals surface area contributed by atoms with E-state index in [1.807, 2.05) is 6.20 Å². The molecule has 1 heterocycles. The van der Waals surface area contributed by atoms with Crippen LogP contribution in [0.5, 0.6) is 0 Å². The summed E-state index contributed by atoms with van der Waals surface area (Å²) in [5.74, 6) is 8.02. The van der Waals surface area contributed by atoms with E-state index in [4.69, 9.17) is 6.42 Å². The van der Waals surface area contributed by atoms with Crippen LogP contribution in [-0.4, -0.2) is 9.78 Å². The molecule has 0 amide bonds. The van der Waals surface area contributed by atoms with E-state index in [1.165, 1.54) is 77.0 Å². The fourth-order valence-corrected chi connectivity index (χ4v) is 9.52. The first-order valence-corrected chi connectivity index (χ1v) is 14.4. The molecule has 33 heavy (non-hydrogen) atoms. The number of hydrogen-bond acceptors (Lipinski definition) is 1. The Morgan fingerprint density at radius 2 is 1.94 bits per heavy atom. The highest BCUT2D eigenvalue weighted by Gasteiger charge is 2.58. The molecule has 1 aromatic heterocycles. The minimum atomic E-state index is 0.504. The molecule has 2 heteroatoms. The molecule has 2 nitrogen and oxygen atoms in total. The molecule has 0 bridgehead atoms. The Kier molecular flexibility index (Phi) is 7.67. The molecular weight excluding hydrogens is 400 g/mol. The highest BCUT2D eigenvalue weighted by molar-refractivity contribution is 5.26. The molecule has 4 rings (SSSR count). The van der Waals surface area contributed by atoms with Gasteiger partial charge in [0.1, 0.15) is 0 Å².